The SMILES string of the molecule is N#Cc1cccc2c1cnn2-c1ccc(CC(N)C(=O)O)cc1. The molecule has 0 amide bonds. The van der Waals surface area contributed by atoms with Gasteiger partial charge in [0.15, 0.2) is 0 Å². The van der Waals surface area contributed by atoms with Gasteiger partial charge in [0, 0.05) is 5.39 Å². The number of aliphatic carboxylic acids is 1. The Morgan fingerprint density at radius 2 is 2.04 bits per heavy atom. The van der Waals surface area contributed by atoms with Crippen LogP contribution in [-0.2, 0) is 11.2 Å². The second-order valence-corrected chi connectivity index (χ2v) is 5.22. The van der Waals surface area contributed by atoms with Crippen molar-refractivity contribution in [1.82, 2.24) is 9.78 Å². The summed E-state index contributed by atoms with van der Waals surface area (Å²) < 4.78 is 1.75. The fourth-order valence-electron chi connectivity index (χ4n) is 2.47. The van der Waals surface area contributed by atoms with Crippen molar-refractivity contribution in [2.75, 3.05) is 0 Å². The first-order chi connectivity index (χ1) is 11.1. The summed E-state index contributed by atoms with van der Waals surface area (Å²) in [6.45, 7) is 0. The number of nitrogens with two attached hydrogens (primary N) is 1. The fraction of sp³-hybridized carbons (Fsp3) is 0.118. The standard InChI is InChI=1S/C17H14N4O2/c18-9-12-2-1-3-16-14(12)10-20-21(16)13-6-4-11(5-7-13)8-15(19)17(22)23/h1-7,10,15H,8,19H2,(H,22,23). The number of rotatable bonds is 4. The number of hydrogen-bond acceptors (Lipinski definition) is 4. The molecule has 6 heteroatoms. The third kappa shape index (κ3) is 2.78. The van der Waals surface area contributed by atoms with E-state index in [9.17, 15) is 4.79 Å². The van der Waals surface area contributed by atoms with Crippen molar-refractivity contribution in [3.05, 3.63) is 59.8 Å². The highest BCUT2D eigenvalue weighted by Gasteiger charge is 2.12. The first kappa shape index (κ1) is 14.8. The fourth-order valence-corrected chi connectivity index (χ4v) is 2.47. The Kier molecular flexibility index (Phi) is 3.79. The molecular weight excluding hydrogens is 292 g/mol. The van der Waals surface area contributed by atoms with Crippen LogP contribution in [0.2, 0.25) is 0 Å². The van der Waals surface area contributed by atoms with Crippen LogP contribution in [0.15, 0.2) is 48.7 Å². The second kappa shape index (κ2) is 5.91. The lowest BCUT2D eigenvalue weighted by Gasteiger charge is -2.08. The van der Waals surface area contributed by atoms with Crippen LogP contribution in [0.25, 0.3) is 16.6 Å². The van der Waals surface area contributed by atoms with E-state index in [1.54, 1.807) is 16.9 Å². The van der Waals surface area contributed by atoms with Gasteiger partial charge >= 0.3 is 5.97 Å². The molecule has 0 saturated heterocycles. The Labute approximate surface area is 132 Å². The van der Waals surface area contributed by atoms with Crippen molar-refractivity contribution in [1.29, 1.82) is 5.26 Å². The van der Waals surface area contributed by atoms with Gasteiger partial charge < -0.3 is 10.8 Å². The predicted octanol–water partition coefficient (Wildman–Crippen LogP) is 1.85. The summed E-state index contributed by atoms with van der Waals surface area (Å²) in [4.78, 5) is 10.8. The summed E-state index contributed by atoms with van der Waals surface area (Å²) in [6.07, 6.45) is 1.94. The molecule has 3 N–H and O–H groups in total. The van der Waals surface area contributed by atoms with E-state index in [2.05, 4.69) is 11.2 Å². The number of carboxylic acids is 1. The number of nitriles is 1. The van der Waals surface area contributed by atoms with Gasteiger partial charge in [0.05, 0.1) is 29.0 Å². The minimum Gasteiger partial charge on any atom is -0.480 e. The van der Waals surface area contributed by atoms with E-state index in [0.29, 0.717) is 5.56 Å². The molecule has 1 unspecified atom stereocenters. The third-order valence-corrected chi connectivity index (χ3v) is 3.69. The van der Waals surface area contributed by atoms with Gasteiger partial charge in [0.1, 0.15) is 6.04 Å². The molecule has 1 heterocycles. The van der Waals surface area contributed by atoms with Crippen LogP contribution in [0.4, 0.5) is 0 Å². The Balaban J connectivity index is 1.94. The van der Waals surface area contributed by atoms with Crippen molar-refractivity contribution in [3.63, 3.8) is 0 Å². The number of hydrogen-bond donors (Lipinski definition) is 2. The number of benzene rings is 2. The average Bonchev–Trinajstić information content (AvgIpc) is 2.99. The molecule has 0 aliphatic rings. The summed E-state index contributed by atoms with van der Waals surface area (Å²) in [5.74, 6) is -1.02. The van der Waals surface area contributed by atoms with Gasteiger partial charge in [-0.15, -0.1) is 0 Å². The molecule has 114 valence electrons. The molecule has 0 aliphatic carbocycles. The number of carbonyl (C=O) groups is 1. The molecule has 0 radical (unpaired) electrons. The third-order valence-electron chi connectivity index (χ3n) is 3.69. The Bertz CT molecular complexity index is 906. The maximum absolute atomic E-state index is 10.8. The number of carboxylic acid groups (broad SMARTS) is 1. The van der Waals surface area contributed by atoms with Crippen LogP contribution in [0, 0.1) is 11.3 Å². The normalized spacial score (nSPS) is 12.0. The van der Waals surface area contributed by atoms with Crippen LogP contribution in [0.1, 0.15) is 11.1 Å². The summed E-state index contributed by atoms with van der Waals surface area (Å²) >= 11 is 0. The van der Waals surface area contributed by atoms with Gasteiger partial charge in [0.2, 0.25) is 0 Å². The van der Waals surface area contributed by atoms with Gasteiger partial charge in [-0.05, 0) is 36.2 Å². The molecule has 23 heavy (non-hydrogen) atoms. The van der Waals surface area contributed by atoms with Crippen LogP contribution in [0.3, 0.4) is 0 Å². The quantitative estimate of drug-likeness (QED) is 0.765. The van der Waals surface area contributed by atoms with Crippen molar-refractivity contribution < 1.29 is 9.90 Å². The predicted molar refractivity (Wildman–Crippen MR) is 85.1 cm³/mol. The Morgan fingerprint density at radius 3 is 2.70 bits per heavy atom. The minimum atomic E-state index is -1.02. The first-order valence-corrected chi connectivity index (χ1v) is 7.04. The second-order valence-electron chi connectivity index (χ2n) is 5.22. The zero-order valence-electron chi connectivity index (χ0n) is 12.2. The summed E-state index contributed by atoms with van der Waals surface area (Å²) in [6, 6.07) is 14.1. The number of aromatic nitrogens is 2. The van der Waals surface area contributed by atoms with Crippen molar-refractivity contribution in [2.45, 2.75) is 12.5 Å². The highest BCUT2D eigenvalue weighted by atomic mass is 16.4. The van der Waals surface area contributed by atoms with Crippen LogP contribution >= 0.6 is 0 Å². The van der Waals surface area contributed by atoms with Gasteiger partial charge in [-0.3, -0.25) is 4.79 Å². The molecule has 0 saturated carbocycles. The Morgan fingerprint density at radius 1 is 1.30 bits per heavy atom. The molecule has 0 spiro atoms. The lowest BCUT2D eigenvalue weighted by Crippen LogP contribution is -2.32. The summed E-state index contributed by atoms with van der Waals surface area (Å²) in [5.41, 5.74) is 8.65. The van der Waals surface area contributed by atoms with Gasteiger partial charge in [0.25, 0.3) is 0 Å². The zero-order chi connectivity index (χ0) is 16.4. The summed E-state index contributed by atoms with van der Waals surface area (Å²) in [7, 11) is 0. The molecule has 6 nitrogen and oxygen atoms in total. The molecule has 3 aromatic rings. The first-order valence-electron chi connectivity index (χ1n) is 7.04. The molecule has 0 bridgehead atoms. The maximum atomic E-state index is 10.8. The molecule has 2 aromatic carbocycles. The summed E-state index contributed by atoms with van der Waals surface area (Å²) in [5, 5.41) is 23.1. The number of nitrogens with zero attached hydrogens (tertiary/aromatic N) is 3. The van der Waals surface area contributed by atoms with E-state index in [1.807, 2.05) is 36.4 Å². The Hall–Kier alpha value is -3.17. The van der Waals surface area contributed by atoms with E-state index >= 15 is 0 Å². The van der Waals surface area contributed by atoms with Gasteiger partial charge in [-0.2, -0.15) is 10.4 Å². The largest absolute Gasteiger partial charge is 0.480 e. The van der Waals surface area contributed by atoms with E-state index in [0.717, 1.165) is 22.2 Å². The lowest BCUT2D eigenvalue weighted by molar-refractivity contribution is -0.138. The monoisotopic (exact) mass is 306 g/mol. The smallest absolute Gasteiger partial charge is 0.320 e. The van der Waals surface area contributed by atoms with Gasteiger partial charge in [-0.1, -0.05) is 18.2 Å². The van der Waals surface area contributed by atoms with Crippen molar-refractivity contribution in [3.8, 4) is 11.8 Å². The van der Waals surface area contributed by atoms with Crippen LogP contribution in [-0.4, -0.2) is 26.9 Å². The van der Waals surface area contributed by atoms with Crippen molar-refractivity contribution in [2.24, 2.45) is 5.73 Å². The lowest BCUT2D eigenvalue weighted by atomic mass is 10.1. The topological polar surface area (TPSA) is 105 Å². The molecule has 3 rings (SSSR count). The highest BCUT2D eigenvalue weighted by molar-refractivity contribution is 5.85. The molecule has 0 fully saturated rings. The molecular formula is C17H14N4O2. The maximum Gasteiger partial charge on any atom is 0.320 e. The highest BCUT2D eigenvalue weighted by Crippen LogP contribution is 2.21. The van der Waals surface area contributed by atoms with E-state index < -0.39 is 12.0 Å². The molecule has 1 atom stereocenters. The zero-order valence-corrected chi connectivity index (χ0v) is 12.2. The van der Waals surface area contributed by atoms with Crippen molar-refractivity contribution >= 4 is 16.9 Å². The van der Waals surface area contributed by atoms with E-state index in [-0.39, 0.29) is 6.42 Å². The number of fused-ring (bicyclic) bond motifs is 1. The average molecular weight is 306 g/mol. The molecule has 0 aliphatic heterocycles. The van der Waals surface area contributed by atoms with E-state index in [1.165, 1.54) is 0 Å². The van der Waals surface area contributed by atoms with Gasteiger partial charge in [-0.25, -0.2) is 4.68 Å². The van der Waals surface area contributed by atoms with E-state index in [4.69, 9.17) is 16.1 Å². The minimum absolute atomic E-state index is 0.272. The van der Waals surface area contributed by atoms with Crippen LogP contribution < -0.4 is 5.73 Å². The van der Waals surface area contributed by atoms with Crippen LogP contribution in [0.5, 0.6) is 0 Å². The molecule has 1 aromatic heterocycles.